The predicted molar refractivity (Wildman–Crippen MR) is 114 cm³/mol. The quantitative estimate of drug-likeness (QED) is 0.645. The van der Waals surface area contributed by atoms with Gasteiger partial charge >= 0.3 is 0 Å². The van der Waals surface area contributed by atoms with E-state index in [2.05, 4.69) is 78.8 Å². The van der Waals surface area contributed by atoms with Gasteiger partial charge < -0.3 is 9.84 Å². The lowest BCUT2D eigenvalue weighted by Crippen LogP contribution is -2.27. The van der Waals surface area contributed by atoms with Gasteiger partial charge in [-0.05, 0) is 52.1 Å². The van der Waals surface area contributed by atoms with E-state index in [1.54, 1.807) is 7.11 Å². The first-order valence-electron chi connectivity index (χ1n) is 10.4. The van der Waals surface area contributed by atoms with Crippen LogP contribution < -0.4 is 0 Å². The number of methoxy groups -OCH3 is 1. The highest BCUT2D eigenvalue weighted by atomic mass is 16.6. The van der Waals surface area contributed by atoms with Gasteiger partial charge in [0.05, 0.1) is 5.41 Å². The highest BCUT2D eigenvalue weighted by molar-refractivity contribution is 5.92. The van der Waals surface area contributed by atoms with Crippen LogP contribution in [0.1, 0.15) is 78.0 Å². The van der Waals surface area contributed by atoms with Gasteiger partial charge in [0.15, 0.2) is 5.79 Å². The highest BCUT2D eigenvalue weighted by Crippen LogP contribution is 2.76. The highest BCUT2D eigenvalue weighted by Gasteiger charge is 2.85. The van der Waals surface area contributed by atoms with Crippen LogP contribution in [0.15, 0.2) is 30.3 Å². The maximum Gasteiger partial charge on any atom is 0.182 e. The Labute approximate surface area is 164 Å². The number of hydrogen-bond acceptors (Lipinski definition) is 2. The Bertz CT molecular complexity index is 844. The van der Waals surface area contributed by atoms with E-state index in [9.17, 15) is 5.11 Å². The summed E-state index contributed by atoms with van der Waals surface area (Å²) in [5.74, 6) is -1.13. The second-order valence-corrected chi connectivity index (χ2v) is 9.40. The smallest absolute Gasteiger partial charge is 0.182 e. The summed E-state index contributed by atoms with van der Waals surface area (Å²) in [6, 6.07) is 11.1. The van der Waals surface area contributed by atoms with Crippen molar-refractivity contribution in [1.82, 2.24) is 0 Å². The van der Waals surface area contributed by atoms with Crippen molar-refractivity contribution in [2.24, 2.45) is 5.41 Å². The summed E-state index contributed by atoms with van der Waals surface area (Å²) in [5, 5.41) is 14.2. The van der Waals surface area contributed by atoms with Crippen molar-refractivity contribution in [3.05, 3.63) is 47.0 Å². The number of rotatable bonds is 5. The standard InChI is InChI=1S/C25H36O2/c1-9-17-16-20(22(4,5)6)18-14-12-13-15-19(18)21(17)24(11-3)23(7,10-2)25(24,26)27-8/h12-16,26H,9-11H2,1-8H3. The first kappa shape index (κ1) is 20.4. The molecule has 2 heteroatoms. The second-order valence-electron chi connectivity index (χ2n) is 9.40. The topological polar surface area (TPSA) is 29.5 Å². The van der Waals surface area contributed by atoms with E-state index in [1.165, 1.54) is 27.5 Å². The van der Waals surface area contributed by atoms with E-state index in [0.29, 0.717) is 0 Å². The summed E-state index contributed by atoms with van der Waals surface area (Å²) in [4.78, 5) is 0. The van der Waals surface area contributed by atoms with Gasteiger partial charge in [-0.1, -0.05) is 78.8 Å². The molecule has 1 aliphatic carbocycles. The monoisotopic (exact) mass is 368 g/mol. The molecule has 1 N–H and O–H groups in total. The molecule has 1 fully saturated rings. The third-order valence-electron chi connectivity index (χ3n) is 7.48. The molecular weight excluding hydrogens is 332 g/mol. The van der Waals surface area contributed by atoms with E-state index in [4.69, 9.17) is 4.74 Å². The van der Waals surface area contributed by atoms with Gasteiger partial charge in [-0.15, -0.1) is 0 Å². The molecule has 3 unspecified atom stereocenters. The SMILES string of the molecule is CCc1cc(C(C)(C)C)c2ccccc2c1C1(CC)C(C)(CC)C1(O)OC. The van der Waals surface area contributed by atoms with Gasteiger partial charge in [0.2, 0.25) is 0 Å². The van der Waals surface area contributed by atoms with Crippen molar-refractivity contribution in [1.29, 1.82) is 0 Å². The van der Waals surface area contributed by atoms with Crippen LogP contribution in [0.5, 0.6) is 0 Å². The average molecular weight is 369 g/mol. The molecule has 1 aliphatic rings. The normalized spacial score (nSPS) is 30.7. The fourth-order valence-corrected chi connectivity index (χ4v) is 5.83. The molecule has 148 valence electrons. The number of aryl methyl sites for hydroxylation is 1. The van der Waals surface area contributed by atoms with Crippen LogP contribution in [0.4, 0.5) is 0 Å². The predicted octanol–water partition coefficient (Wildman–Crippen LogP) is 6.11. The van der Waals surface area contributed by atoms with Gasteiger partial charge in [-0.25, -0.2) is 0 Å². The van der Waals surface area contributed by atoms with Gasteiger partial charge in [0, 0.05) is 12.5 Å². The Hall–Kier alpha value is -1.38. The fraction of sp³-hybridized carbons (Fsp3) is 0.600. The summed E-state index contributed by atoms with van der Waals surface area (Å²) in [5.41, 5.74) is 3.41. The molecule has 0 radical (unpaired) electrons. The first-order valence-corrected chi connectivity index (χ1v) is 10.4. The number of benzene rings is 2. The minimum absolute atomic E-state index is 0.0661. The van der Waals surface area contributed by atoms with E-state index < -0.39 is 5.79 Å². The largest absolute Gasteiger partial charge is 0.364 e. The maximum atomic E-state index is 11.6. The van der Waals surface area contributed by atoms with Crippen molar-refractivity contribution < 1.29 is 9.84 Å². The molecule has 2 aromatic rings. The fourth-order valence-electron chi connectivity index (χ4n) is 5.83. The zero-order chi connectivity index (χ0) is 20.3. The van der Waals surface area contributed by atoms with E-state index in [-0.39, 0.29) is 16.2 Å². The van der Waals surface area contributed by atoms with E-state index in [1.807, 2.05) is 0 Å². The Morgan fingerprint density at radius 2 is 1.59 bits per heavy atom. The number of ether oxygens (including phenoxy) is 1. The molecule has 0 spiro atoms. The van der Waals surface area contributed by atoms with Crippen LogP contribution in [-0.4, -0.2) is 18.0 Å². The summed E-state index contributed by atoms with van der Waals surface area (Å²) in [6.07, 6.45) is 2.68. The van der Waals surface area contributed by atoms with Crippen molar-refractivity contribution in [3.8, 4) is 0 Å². The molecule has 2 nitrogen and oxygen atoms in total. The van der Waals surface area contributed by atoms with E-state index >= 15 is 0 Å². The van der Waals surface area contributed by atoms with Gasteiger partial charge in [-0.3, -0.25) is 0 Å². The molecule has 0 heterocycles. The van der Waals surface area contributed by atoms with Crippen molar-refractivity contribution in [2.75, 3.05) is 7.11 Å². The van der Waals surface area contributed by atoms with E-state index in [0.717, 1.165) is 19.3 Å². The Morgan fingerprint density at radius 3 is 2.00 bits per heavy atom. The molecule has 0 aromatic heterocycles. The molecule has 0 amide bonds. The first-order chi connectivity index (χ1) is 12.6. The number of aliphatic hydroxyl groups is 1. The lowest BCUT2D eigenvalue weighted by molar-refractivity contribution is -0.141. The minimum Gasteiger partial charge on any atom is -0.364 e. The summed E-state index contributed by atoms with van der Waals surface area (Å²) in [6.45, 7) is 15.6. The zero-order valence-corrected chi connectivity index (χ0v) is 18.4. The molecule has 3 rings (SSSR count). The third kappa shape index (κ3) is 2.32. The van der Waals surface area contributed by atoms with Crippen molar-refractivity contribution in [2.45, 2.75) is 84.3 Å². The van der Waals surface area contributed by atoms with Crippen LogP contribution in [0.3, 0.4) is 0 Å². The third-order valence-corrected chi connectivity index (χ3v) is 7.48. The lowest BCUT2D eigenvalue weighted by atomic mass is 9.74. The molecule has 1 saturated carbocycles. The Kier molecular flexibility index (Phi) is 4.76. The van der Waals surface area contributed by atoms with Crippen LogP contribution in [-0.2, 0) is 22.0 Å². The van der Waals surface area contributed by atoms with Crippen LogP contribution in [0.25, 0.3) is 10.8 Å². The average Bonchev–Trinajstić information content (AvgIpc) is 3.10. The Morgan fingerprint density at radius 1 is 1.00 bits per heavy atom. The maximum absolute atomic E-state index is 11.6. The van der Waals surface area contributed by atoms with Gasteiger partial charge in [-0.2, -0.15) is 0 Å². The lowest BCUT2D eigenvalue weighted by Gasteiger charge is -2.29. The van der Waals surface area contributed by atoms with Crippen LogP contribution in [0, 0.1) is 5.41 Å². The molecule has 0 aliphatic heterocycles. The zero-order valence-electron chi connectivity index (χ0n) is 18.4. The minimum atomic E-state index is -1.13. The molecule has 0 bridgehead atoms. The van der Waals surface area contributed by atoms with Gasteiger partial charge in [0.1, 0.15) is 0 Å². The molecular formula is C25H36O2. The van der Waals surface area contributed by atoms with Crippen molar-refractivity contribution >= 4 is 10.8 Å². The molecule has 2 aromatic carbocycles. The molecule has 27 heavy (non-hydrogen) atoms. The van der Waals surface area contributed by atoms with Gasteiger partial charge in [0.25, 0.3) is 0 Å². The molecule has 0 saturated heterocycles. The van der Waals surface area contributed by atoms with Crippen LogP contribution >= 0.6 is 0 Å². The number of fused-ring (bicyclic) bond motifs is 1. The summed E-state index contributed by atoms with van der Waals surface area (Å²) in [7, 11) is 1.66. The number of hydrogen-bond donors (Lipinski definition) is 1. The van der Waals surface area contributed by atoms with Crippen LogP contribution in [0.2, 0.25) is 0 Å². The Balaban J connectivity index is 2.46. The van der Waals surface area contributed by atoms with Crippen molar-refractivity contribution in [3.63, 3.8) is 0 Å². The summed E-state index contributed by atoms with van der Waals surface area (Å²) >= 11 is 0. The summed E-state index contributed by atoms with van der Waals surface area (Å²) < 4.78 is 5.82. The molecule has 3 atom stereocenters. The second kappa shape index (κ2) is 6.32.